The maximum absolute atomic E-state index is 13.0. The molecule has 126 valence electrons. The second-order valence-corrected chi connectivity index (χ2v) is 6.61. The summed E-state index contributed by atoms with van der Waals surface area (Å²) in [6, 6.07) is 18.4. The Hall–Kier alpha value is -2.13. The lowest BCUT2D eigenvalue weighted by Gasteiger charge is -2.35. The van der Waals surface area contributed by atoms with Crippen molar-refractivity contribution in [3.05, 3.63) is 71.3 Å². The molecular formula is C21H25NO2. The van der Waals surface area contributed by atoms with Crippen molar-refractivity contribution in [2.75, 3.05) is 13.1 Å². The lowest BCUT2D eigenvalue weighted by atomic mass is 9.98. The lowest BCUT2D eigenvalue weighted by molar-refractivity contribution is -0.0586. The van der Waals surface area contributed by atoms with Crippen molar-refractivity contribution < 1.29 is 9.53 Å². The fourth-order valence-electron chi connectivity index (χ4n) is 3.38. The first-order valence-corrected chi connectivity index (χ1v) is 8.70. The molecule has 2 aromatic carbocycles. The van der Waals surface area contributed by atoms with Gasteiger partial charge < -0.3 is 9.64 Å². The molecule has 2 aromatic rings. The average molecular weight is 323 g/mol. The number of hydrogen-bond acceptors (Lipinski definition) is 2. The Balaban J connectivity index is 1.74. The summed E-state index contributed by atoms with van der Waals surface area (Å²) in [5.41, 5.74) is 3.25. The minimum absolute atomic E-state index is 0.0918. The van der Waals surface area contributed by atoms with Crippen LogP contribution in [0.15, 0.2) is 54.6 Å². The van der Waals surface area contributed by atoms with Gasteiger partial charge in [-0.2, -0.15) is 0 Å². The van der Waals surface area contributed by atoms with Gasteiger partial charge in [-0.1, -0.05) is 48.5 Å². The molecule has 0 radical (unpaired) electrons. The summed E-state index contributed by atoms with van der Waals surface area (Å²) in [5.74, 6) is 0.126. The summed E-state index contributed by atoms with van der Waals surface area (Å²) in [6.45, 7) is 5.38. The summed E-state index contributed by atoms with van der Waals surface area (Å²) < 4.78 is 5.74. The first kappa shape index (κ1) is 16.7. The highest BCUT2D eigenvalue weighted by molar-refractivity contribution is 5.95. The molecule has 1 saturated heterocycles. The van der Waals surface area contributed by atoms with E-state index in [1.165, 1.54) is 5.56 Å². The van der Waals surface area contributed by atoms with Crippen molar-refractivity contribution in [2.45, 2.75) is 38.9 Å². The number of hydrogen-bond donors (Lipinski definition) is 0. The van der Waals surface area contributed by atoms with Crippen molar-refractivity contribution in [3.8, 4) is 0 Å². The molecule has 24 heavy (non-hydrogen) atoms. The number of benzene rings is 2. The summed E-state index contributed by atoms with van der Waals surface area (Å²) in [5, 5.41) is 0. The molecule has 0 spiro atoms. The van der Waals surface area contributed by atoms with Gasteiger partial charge in [0.2, 0.25) is 0 Å². The smallest absolute Gasteiger partial charge is 0.254 e. The maximum Gasteiger partial charge on any atom is 0.254 e. The molecule has 0 bridgehead atoms. The highest BCUT2D eigenvalue weighted by atomic mass is 16.5. The molecule has 1 fully saturated rings. The van der Waals surface area contributed by atoms with Crippen molar-refractivity contribution in [3.63, 3.8) is 0 Å². The number of rotatable bonds is 4. The van der Waals surface area contributed by atoms with E-state index < -0.39 is 0 Å². The van der Waals surface area contributed by atoms with Gasteiger partial charge in [0.15, 0.2) is 0 Å². The summed E-state index contributed by atoms with van der Waals surface area (Å²) in [7, 11) is 0. The van der Waals surface area contributed by atoms with Crippen molar-refractivity contribution in [1.82, 2.24) is 4.90 Å². The van der Waals surface area contributed by atoms with Crippen LogP contribution in [0, 0.1) is 0 Å². The predicted octanol–water partition coefficient (Wildman–Crippen LogP) is 3.72. The highest BCUT2D eigenvalue weighted by Crippen LogP contribution is 2.18. The first-order chi connectivity index (χ1) is 11.6. The fraction of sp³-hybridized carbons (Fsp3) is 0.381. The molecule has 1 amide bonds. The Kier molecular flexibility index (Phi) is 5.31. The third kappa shape index (κ3) is 4.04. The highest BCUT2D eigenvalue weighted by Gasteiger charge is 2.27. The zero-order valence-electron chi connectivity index (χ0n) is 14.4. The Morgan fingerprint density at radius 1 is 0.958 bits per heavy atom. The van der Waals surface area contributed by atoms with Gasteiger partial charge in [-0.15, -0.1) is 0 Å². The molecule has 1 aliphatic rings. The van der Waals surface area contributed by atoms with Crippen LogP contribution in [-0.4, -0.2) is 36.1 Å². The third-order valence-electron chi connectivity index (χ3n) is 4.48. The molecule has 3 nitrogen and oxygen atoms in total. The predicted molar refractivity (Wildman–Crippen MR) is 96.2 cm³/mol. The van der Waals surface area contributed by atoms with E-state index in [0.29, 0.717) is 13.1 Å². The van der Waals surface area contributed by atoms with E-state index in [9.17, 15) is 4.79 Å². The van der Waals surface area contributed by atoms with Gasteiger partial charge in [-0.05, 0) is 43.9 Å². The minimum Gasteiger partial charge on any atom is -0.372 e. The van der Waals surface area contributed by atoms with E-state index in [1.54, 1.807) is 0 Å². The number of aryl methyl sites for hydroxylation is 2. The number of amides is 1. The Morgan fingerprint density at radius 3 is 2.29 bits per heavy atom. The van der Waals surface area contributed by atoms with Gasteiger partial charge >= 0.3 is 0 Å². The van der Waals surface area contributed by atoms with Crippen molar-refractivity contribution >= 4 is 5.91 Å². The first-order valence-electron chi connectivity index (χ1n) is 8.70. The number of nitrogens with zero attached hydrogens (tertiary/aromatic N) is 1. The number of carbonyl (C=O) groups excluding carboxylic acids is 1. The standard InChI is InChI=1S/C21H25NO2/c1-16-14-22(15-17(2)24-16)21(23)20-11-7-6-10-19(20)13-12-18-8-4-3-5-9-18/h3-11,16-17H,12-15H2,1-2H3/t16-,17-/m1/s1. The van der Waals surface area contributed by atoms with Gasteiger partial charge in [0.1, 0.15) is 0 Å². The van der Waals surface area contributed by atoms with E-state index >= 15 is 0 Å². The van der Waals surface area contributed by atoms with Crippen molar-refractivity contribution in [2.24, 2.45) is 0 Å². The molecule has 2 atom stereocenters. The van der Waals surface area contributed by atoms with Crippen LogP contribution in [0.4, 0.5) is 0 Å². The summed E-state index contributed by atoms with van der Waals surface area (Å²) in [4.78, 5) is 14.9. The summed E-state index contributed by atoms with van der Waals surface area (Å²) >= 11 is 0. The third-order valence-corrected chi connectivity index (χ3v) is 4.48. The zero-order valence-corrected chi connectivity index (χ0v) is 14.4. The monoisotopic (exact) mass is 323 g/mol. The van der Waals surface area contributed by atoms with Gasteiger partial charge in [-0.25, -0.2) is 0 Å². The largest absolute Gasteiger partial charge is 0.372 e. The molecule has 0 saturated carbocycles. The van der Waals surface area contributed by atoms with Crippen LogP contribution in [-0.2, 0) is 17.6 Å². The molecule has 0 unspecified atom stereocenters. The molecule has 0 aromatic heterocycles. The number of ether oxygens (including phenoxy) is 1. The topological polar surface area (TPSA) is 29.5 Å². The molecule has 1 heterocycles. The van der Waals surface area contributed by atoms with Gasteiger partial charge in [-0.3, -0.25) is 4.79 Å². The zero-order chi connectivity index (χ0) is 16.9. The van der Waals surface area contributed by atoms with Crippen LogP contribution >= 0.6 is 0 Å². The normalized spacial score (nSPS) is 20.8. The molecule has 0 aliphatic carbocycles. The van der Waals surface area contributed by atoms with E-state index in [2.05, 4.69) is 30.3 Å². The van der Waals surface area contributed by atoms with Crippen LogP contribution in [0.2, 0.25) is 0 Å². The Morgan fingerprint density at radius 2 is 1.58 bits per heavy atom. The van der Waals surface area contributed by atoms with E-state index in [1.807, 2.05) is 43.0 Å². The van der Waals surface area contributed by atoms with Gasteiger partial charge in [0.05, 0.1) is 12.2 Å². The number of morpholine rings is 1. The maximum atomic E-state index is 13.0. The molecule has 3 rings (SSSR count). The second-order valence-electron chi connectivity index (χ2n) is 6.61. The van der Waals surface area contributed by atoms with Crippen LogP contribution in [0.1, 0.15) is 35.3 Å². The molecule has 0 N–H and O–H groups in total. The Bertz CT molecular complexity index is 673. The lowest BCUT2D eigenvalue weighted by Crippen LogP contribution is -2.48. The van der Waals surface area contributed by atoms with E-state index in [-0.39, 0.29) is 18.1 Å². The SMILES string of the molecule is C[C@@H]1CN(C(=O)c2ccccc2CCc2ccccc2)C[C@@H](C)O1. The summed E-state index contributed by atoms with van der Waals surface area (Å²) in [6.07, 6.45) is 2.01. The minimum atomic E-state index is 0.0918. The molecule has 1 aliphatic heterocycles. The van der Waals surface area contributed by atoms with Gasteiger partial charge in [0, 0.05) is 18.7 Å². The van der Waals surface area contributed by atoms with Crippen LogP contribution in [0.3, 0.4) is 0 Å². The quantitative estimate of drug-likeness (QED) is 0.858. The van der Waals surface area contributed by atoms with Gasteiger partial charge in [0.25, 0.3) is 5.91 Å². The van der Waals surface area contributed by atoms with E-state index in [0.717, 1.165) is 24.0 Å². The van der Waals surface area contributed by atoms with E-state index in [4.69, 9.17) is 4.74 Å². The molecule has 3 heteroatoms. The average Bonchev–Trinajstić information content (AvgIpc) is 2.59. The van der Waals surface area contributed by atoms with Crippen LogP contribution in [0.5, 0.6) is 0 Å². The number of carbonyl (C=O) groups is 1. The van der Waals surface area contributed by atoms with Crippen molar-refractivity contribution in [1.29, 1.82) is 0 Å². The van der Waals surface area contributed by atoms with Crippen LogP contribution < -0.4 is 0 Å². The fourth-order valence-corrected chi connectivity index (χ4v) is 3.38. The Labute approximate surface area is 144 Å². The second kappa shape index (κ2) is 7.63. The van der Waals surface area contributed by atoms with Crippen LogP contribution in [0.25, 0.3) is 0 Å². The molecular weight excluding hydrogens is 298 g/mol.